The maximum atomic E-state index is 13.5. The molecule has 0 saturated carbocycles. The molecule has 2 fully saturated rings. The predicted molar refractivity (Wildman–Crippen MR) is 67.4 cm³/mol. The average Bonchev–Trinajstić information content (AvgIpc) is 2.68. The molecule has 0 aromatic heterocycles. The maximum absolute atomic E-state index is 13.5. The van der Waals surface area contributed by atoms with Crippen molar-refractivity contribution in [1.29, 1.82) is 0 Å². The summed E-state index contributed by atoms with van der Waals surface area (Å²) in [4.78, 5) is 0. The Hall–Kier alpha value is -0.890. The van der Waals surface area contributed by atoms with E-state index in [1.54, 1.807) is 12.1 Å². The summed E-state index contributed by atoms with van der Waals surface area (Å²) in [7, 11) is 0. The SMILES string of the molecule is Fc1ccccc1CCC1C[C@H]2CC[C@@H](C1)N2. The molecule has 0 spiro atoms. The van der Waals surface area contributed by atoms with Gasteiger partial charge in [0.2, 0.25) is 0 Å². The molecule has 1 nitrogen and oxygen atoms in total. The van der Waals surface area contributed by atoms with Gasteiger partial charge >= 0.3 is 0 Å². The van der Waals surface area contributed by atoms with Crippen molar-refractivity contribution in [2.24, 2.45) is 5.92 Å². The van der Waals surface area contributed by atoms with Gasteiger partial charge in [0.05, 0.1) is 0 Å². The number of piperidine rings is 1. The Bertz CT molecular complexity index is 378. The van der Waals surface area contributed by atoms with Gasteiger partial charge in [-0.15, -0.1) is 0 Å². The largest absolute Gasteiger partial charge is 0.311 e. The Morgan fingerprint density at radius 2 is 1.82 bits per heavy atom. The molecule has 92 valence electrons. The van der Waals surface area contributed by atoms with Crippen LogP contribution in [0.15, 0.2) is 24.3 Å². The highest BCUT2D eigenvalue weighted by Gasteiger charge is 2.32. The fraction of sp³-hybridized carbons (Fsp3) is 0.600. The van der Waals surface area contributed by atoms with Gasteiger partial charge in [-0.3, -0.25) is 0 Å². The number of halogens is 1. The molecule has 1 aromatic rings. The fourth-order valence-corrected chi connectivity index (χ4v) is 3.47. The first kappa shape index (κ1) is 11.2. The zero-order valence-corrected chi connectivity index (χ0v) is 10.2. The van der Waals surface area contributed by atoms with Crippen molar-refractivity contribution >= 4 is 0 Å². The number of hydrogen-bond donors (Lipinski definition) is 1. The zero-order valence-electron chi connectivity index (χ0n) is 10.2. The monoisotopic (exact) mass is 233 g/mol. The van der Waals surface area contributed by atoms with Gasteiger partial charge in [0.1, 0.15) is 5.82 Å². The third kappa shape index (κ3) is 2.52. The molecule has 0 amide bonds. The highest BCUT2D eigenvalue weighted by molar-refractivity contribution is 5.17. The summed E-state index contributed by atoms with van der Waals surface area (Å²) in [5.74, 6) is 0.762. The summed E-state index contributed by atoms with van der Waals surface area (Å²) >= 11 is 0. The number of fused-ring (bicyclic) bond motifs is 2. The lowest BCUT2D eigenvalue weighted by molar-refractivity contribution is 0.285. The molecule has 1 N–H and O–H groups in total. The van der Waals surface area contributed by atoms with Gasteiger partial charge in [-0.1, -0.05) is 18.2 Å². The first-order valence-electron chi connectivity index (χ1n) is 6.80. The van der Waals surface area contributed by atoms with Gasteiger partial charge < -0.3 is 5.32 Å². The Morgan fingerprint density at radius 3 is 2.53 bits per heavy atom. The van der Waals surface area contributed by atoms with Crippen LogP contribution in [0, 0.1) is 11.7 Å². The fourth-order valence-electron chi connectivity index (χ4n) is 3.47. The quantitative estimate of drug-likeness (QED) is 0.844. The van der Waals surface area contributed by atoms with Crippen LogP contribution in [0.3, 0.4) is 0 Å². The van der Waals surface area contributed by atoms with E-state index in [4.69, 9.17) is 0 Å². The normalized spacial score (nSPS) is 31.7. The first-order chi connectivity index (χ1) is 8.31. The second kappa shape index (κ2) is 4.77. The molecule has 3 atom stereocenters. The third-order valence-corrected chi connectivity index (χ3v) is 4.35. The third-order valence-electron chi connectivity index (χ3n) is 4.35. The second-order valence-corrected chi connectivity index (χ2v) is 5.61. The van der Waals surface area contributed by atoms with E-state index in [0.29, 0.717) is 0 Å². The van der Waals surface area contributed by atoms with E-state index >= 15 is 0 Å². The van der Waals surface area contributed by atoms with Crippen LogP contribution in [-0.2, 0) is 6.42 Å². The lowest BCUT2D eigenvalue weighted by Crippen LogP contribution is -2.38. The van der Waals surface area contributed by atoms with Crippen molar-refractivity contribution in [3.63, 3.8) is 0 Å². The summed E-state index contributed by atoms with van der Waals surface area (Å²) in [6.07, 6.45) is 7.34. The zero-order chi connectivity index (χ0) is 11.7. The van der Waals surface area contributed by atoms with Gasteiger partial charge in [-0.2, -0.15) is 0 Å². The number of hydrogen-bond acceptors (Lipinski definition) is 1. The summed E-state index contributed by atoms with van der Waals surface area (Å²) in [5.41, 5.74) is 0.887. The van der Waals surface area contributed by atoms with E-state index in [9.17, 15) is 4.39 Å². The molecular weight excluding hydrogens is 213 g/mol. The van der Waals surface area contributed by atoms with Gasteiger partial charge in [0.15, 0.2) is 0 Å². The molecular formula is C15H20FN. The van der Waals surface area contributed by atoms with Crippen LogP contribution in [0.25, 0.3) is 0 Å². The molecule has 1 aromatic carbocycles. The highest BCUT2D eigenvalue weighted by atomic mass is 19.1. The van der Waals surface area contributed by atoms with E-state index < -0.39 is 0 Å². The van der Waals surface area contributed by atoms with E-state index in [0.717, 1.165) is 36.4 Å². The molecule has 2 aliphatic rings. The molecule has 3 rings (SSSR count). The van der Waals surface area contributed by atoms with Crippen molar-refractivity contribution in [3.05, 3.63) is 35.6 Å². The van der Waals surface area contributed by atoms with Crippen molar-refractivity contribution < 1.29 is 4.39 Å². The lowest BCUT2D eigenvalue weighted by Gasteiger charge is -2.29. The lowest BCUT2D eigenvalue weighted by atomic mass is 9.87. The van der Waals surface area contributed by atoms with Gasteiger partial charge in [-0.25, -0.2) is 4.39 Å². The van der Waals surface area contributed by atoms with Crippen LogP contribution in [0.4, 0.5) is 4.39 Å². The molecule has 2 heteroatoms. The summed E-state index contributed by atoms with van der Waals surface area (Å²) in [6.45, 7) is 0. The molecule has 0 aliphatic carbocycles. The number of benzene rings is 1. The van der Waals surface area contributed by atoms with Crippen LogP contribution in [0.1, 0.15) is 37.7 Å². The van der Waals surface area contributed by atoms with Gasteiger partial charge in [-0.05, 0) is 56.1 Å². The average molecular weight is 233 g/mol. The summed E-state index contributed by atoms with van der Waals surface area (Å²) in [6, 6.07) is 8.69. The topological polar surface area (TPSA) is 12.0 Å². The van der Waals surface area contributed by atoms with Crippen molar-refractivity contribution in [2.75, 3.05) is 0 Å². The molecule has 2 bridgehead atoms. The summed E-state index contributed by atoms with van der Waals surface area (Å²) in [5, 5.41) is 3.66. The molecule has 1 unspecified atom stereocenters. The minimum Gasteiger partial charge on any atom is -0.311 e. The van der Waals surface area contributed by atoms with E-state index in [2.05, 4.69) is 5.32 Å². The van der Waals surface area contributed by atoms with Crippen molar-refractivity contribution in [3.8, 4) is 0 Å². The maximum Gasteiger partial charge on any atom is 0.126 e. The van der Waals surface area contributed by atoms with Gasteiger partial charge in [0.25, 0.3) is 0 Å². The van der Waals surface area contributed by atoms with Crippen LogP contribution < -0.4 is 5.32 Å². The molecule has 0 radical (unpaired) electrons. The predicted octanol–water partition coefficient (Wildman–Crippen LogP) is 3.29. The van der Waals surface area contributed by atoms with E-state index in [1.165, 1.54) is 25.7 Å². The van der Waals surface area contributed by atoms with E-state index in [-0.39, 0.29) is 5.82 Å². The smallest absolute Gasteiger partial charge is 0.126 e. The van der Waals surface area contributed by atoms with Crippen LogP contribution >= 0.6 is 0 Å². The molecule has 2 heterocycles. The Balaban J connectivity index is 1.56. The van der Waals surface area contributed by atoms with Crippen molar-refractivity contribution in [2.45, 2.75) is 50.6 Å². The highest BCUT2D eigenvalue weighted by Crippen LogP contribution is 2.33. The Morgan fingerprint density at radius 1 is 1.12 bits per heavy atom. The van der Waals surface area contributed by atoms with E-state index in [1.807, 2.05) is 12.1 Å². The van der Waals surface area contributed by atoms with Gasteiger partial charge in [0, 0.05) is 12.1 Å². The number of aryl methyl sites for hydroxylation is 1. The van der Waals surface area contributed by atoms with Crippen molar-refractivity contribution in [1.82, 2.24) is 5.32 Å². The second-order valence-electron chi connectivity index (χ2n) is 5.61. The van der Waals surface area contributed by atoms with Crippen LogP contribution in [-0.4, -0.2) is 12.1 Å². The van der Waals surface area contributed by atoms with Crippen LogP contribution in [0.2, 0.25) is 0 Å². The standard InChI is InChI=1S/C15H20FN/c16-15-4-2-1-3-12(15)6-5-11-9-13-7-8-14(10-11)17-13/h1-4,11,13-14,17H,5-10H2/t11?,13-,14+. The number of rotatable bonds is 3. The molecule has 2 saturated heterocycles. The summed E-state index contributed by atoms with van der Waals surface area (Å²) < 4.78 is 13.5. The Kier molecular flexibility index (Phi) is 3.15. The molecule has 2 aliphatic heterocycles. The number of nitrogens with one attached hydrogen (secondary N) is 1. The van der Waals surface area contributed by atoms with Crippen LogP contribution in [0.5, 0.6) is 0 Å². The minimum absolute atomic E-state index is 0.0376. The Labute approximate surface area is 102 Å². The molecule has 17 heavy (non-hydrogen) atoms. The first-order valence-corrected chi connectivity index (χ1v) is 6.80. The minimum atomic E-state index is -0.0376.